The molecule has 0 spiro atoms. The van der Waals surface area contributed by atoms with E-state index in [0.717, 1.165) is 5.69 Å². The molecule has 0 atom stereocenters. The standard InChI is InChI=1S/C14H20N2O2/c1-5-7-16(10(3)4)13-9-11(14(17)18)8-12(6-2)15-13/h5,8-10H,1,6-7H2,2-4H3,(H,17,18). The maximum atomic E-state index is 11.1. The highest BCUT2D eigenvalue weighted by Crippen LogP contribution is 2.18. The number of carboxylic acids is 1. The van der Waals surface area contributed by atoms with Crippen LogP contribution in [0.25, 0.3) is 0 Å². The minimum Gasteiger partial charge on any atom is -0.478 e. The van der Waals surface area contributed by atoms with Crippen LogP contribution in [0.3, 0.4) is 0 Å². The van der Waals surface area contributed by atoms with Gasteiger partial charge < -0.3 is 10.0 Å². The fourth-order valence-electron chi connectivity index (χ4n) is 1.73. The molecule has 18 heavy (non-hydrogen) atoms. The number of nitrogens with zero attached hydrogens (tertiary/aromatic N) is 2. The molecule has 4 heteroatoms. The van der Waals surface area contributed by atoms with Gasteiger partial charge in [0.15, 0.2) is 0 Å². The Kier molecular flexibility index (Phi) is 4.89. The number of carboxylic acid groups (broad SMARTS) is 1. The number of pyridine rings is 1. The first kappa shape index (κ1) is 14.2. The lowest BCUT2D eigenvalue weighted by atomic mass is 10.1. The molecule has 0 amide bonds. The first-order chi connectivity index (χ1) is 8.49. The largest absolute Gasteiger partial charge is 0.478 e. The molecule has 0 fully saturated rings. The van der Waals surface area contributed by atoms with Crippen LogP contribution in [0.4, 0.5) is 5.82 Å². The quantitative estimate of drug-likeness (QED) is 0.786. The van der Waals surface area contributed by atoms with Gasteiger partial charge in [0.1, 0.15) is 5.82 Å². The molecule has 98 valence electrons. The van der Waals surface area contributed by atoms with Gasteiger partial charge in [-0.1, -0.05) is 13.0 Å². The van der Waals surface area contributed by atoms with Crippen LogP contribution in [0.2, 0.25) is 0 Å². The summed E-state index contributed by atoms with van der Waals surface area (Å²) in [5, 5.41) is 9.11. The second kappa shape index (κ2) is 6.19. The monoisotopic (exact) mass is 248 g/mol. The Hall–Kier alpha value is -1.84. The van der Waals surface area contributed by atoms with E-state index in [9.17, 15) is 4.79 Å². The third-order valence-electron chi connectivity index (χ3n) is 2.72. The Bertz CT molecular complexity index is 441. The van der Waals surface area contributed by atoms with Crippen LogP contribution in [0.5, 0.6) is 0 Å². The van der Waals surface area contributed by atoms with Gasteiger partial charge in [0.25, 0.3) is 0 Å². The van der Waals surface area contributed by atoms with Crippen molar-refractivity contribution in [1.82, 2.24) is 4.98 Å². The van der Waals surface area contributed by atoms with E-state index in [0.29, 0.717) is 18.8 Å². The molecule has 0 radical (unpaired) electrons. The predicted octanol–water partition coefficient (Wildman–Crippen LogP) is 2.74. The van der Waals surface area contributed by atoms with Crippen LogP contribution in [0, 0.1) is 0 Å². The van der Waals surface area contributed by atoms with Crippen molar-refractivity contribution in [3.05, 3.63) is 36.0 Å². The molecule has 0 aromatic carbocycles. The first-order valence-electron chi connectivity index (χ1n) is 6.11. The fourth-order valence-corrected chi connectivity index (χ4v) is 1.73. The smallest absolute Gasteiger partial charge is 0.335 e. The van der Waals surface area contributed by atoms with Gasteiger partial charge in [0.05, 0.1) is 5.56 Å². The van der Waals surface area contributed by atoms with Crippen molar-refractivity contribution in [2.24, 2.45) is 0 Å². The molecule has 0 unspecified atom stereocenters. The minimum atomic E-state index is -0.921. The van der Waals surface area contributed by atoms with Crippen molar-refractivity contribution in [1.29, 1.82) is 0 Å². The van der Waals surface area contributed by atoms with Crippen molar-refractivity contribution >= 4 is 11.8 Å². The van der Waals surface area contributed by atoms with E-state index in [2.05, 4.69) is 11.6 Å². The molecule has 0 aliphatic carbocycles. The molecular formula is C14H20N2O2. The molecule has 0 bridgehead atoms. The van der Waals surface area contributed by atoms with Crippen LogP contribution in [-0.2, 0) is 6.42 Å². The lowest BCUT2D eigenvalue weighted by Crippen LogP contribution is -2.32. The first-order valence-corrected chi connectivity index (χ1v) is 6.11. The lowest BCUT2D eigenvalue weighted by Gasteiger charge is -2.27. The maximum absolute atomic E-state index is 11.1. The maximum Gasteiger partial charge on any atom is 0.335 e. The van der Waals surface area contributed by atoms with Gasteiger partial charge >= 0.3 is 5.97 Å². The predicted molar refractivity (Wildman–Crippen MR) is 73.3 cm³/mol. The number of aromatic carboxylic acids is 1. The van der Waals surface area contributed by atoms with Crippen LogP contribution in [0.15, 0.2) is 24.8 Å². The Balaban J connectivity index is 3.23. The molecule has 1 N–H and O–H groups in total. The number of anilines is 1. The van der Waals surface area contributed by atoms with Crippen LogP contribution in [0.1, 0.15) is 36.8 Å². The average Bonchev–Trinajstić information content (AvgIpc) is 2.34. The molecule has 0 aliphatic rings. The molecule has 0 saturated heterocycles. The number of hydrogen-bond donors (Lipinski definition) is 1. The number of aromatic nitrogens is 1. The molecule has 0 aliphatic heterocycles. The van der Waals surface area contributed by atoms with Gasteiger partial charge in [0, 0.05) is 18.3 Å². The number of carbonyl (C=O) groups is 1. The molecule has 4 nitrogen and oxygen atoms in total. The Morgan fingerprint density at radius 1 is 1.56 bits per heavy atom. The van der Waals surface area contributed by atoms with E-state index < -0.39 is 5.97 Å². The van der Waals surface area contributed by atoms with E-state index in [1.54, 1.807) is 18.2 Å². The Labute approximate surface area is 108 Å². The van der Waals surface area contributed by atoms with Crippen LogP contribution >= 0.6 is 0 Å². The van der Waals surface area contributed by atoms with Crippen LogP contribution in [-0.4, -0.2) is 28.6 Å². The summed E-state index contributed by atoms with van der Waals surface area (Å²) in [5.41, 5.74) is 1.08. The summed E-state index contributed by atoms with van der Waals surface area (Å²) in [7, 11) is 0. The summed E-state index contributed by atoms with van der Waals surface area (Å²) in [6.45, 7) is 10.4. The molecule has 0 saturated carbocycles. The number of hydrogen-bond acceptors (Lipinski definition) is 3. The van der Waals surface area contributed by atoms with Crippen LogP contribution < -0.4 is 4.90 Å². The Morgan fingerprint density at radius 2 is 2.22 bits per heavy atom. The highest BCUT2D eigenvalue weighted by atomic mass is 16.4. The summed E-state index contributed by atoms with van der Waals surface area (Å²) in [4.78, 5) is 17.6. The average molecular weight is 248 g/mol. The van der Waals surface area contributed by atoms with Crippen molar-refractivity contribution in [2.75, 3.05) is 11.4 Å². The van der Waals surface area contributed by atoms with Crippen molar-refractivity contribution < 1.29 is 9.90 Å². The third kappa shape index (κ3) is 3.32. The molecule has 1 rings (SSSR count). The highest BCUT2D eigenvalue weighted by Gasteiger charge is 2.14. The SMILES string of the molecule is C=CCN(c1cc(C(=O)O)cc(CC)n1)C(C)C. The topological polar surface area (TPSA) is 53.4 Å². The van der Waals surface area contributed by atoms with E-state index in [1.165, 1.54) is 0 Å². The zero-order chi connectivity index (χ0) is 13.7. The molecule has 1 aromatic rings. The van der Waals surface area contributed by atoms with E-state index >= 15 is 0 Å². The summed E-state index contributed by atoms with van der Waals surface area (Å²) in [6, 6.07) is 3.48. The summed E-state index contributed by atoms with van der Waals surface area (Å²) >= 11 is 0. The zero-order valence-corrected chi connectivity index (χ0v) is 11.2. The van der Waals surface area contributed by atoms with Gasteiger partial charge in [-0.05, 0) is 32.4 Å². The molecular weight excluding hydrogens is 228 g/mol. The van der Waals surface area contributed by atoms with Crippen molar-refractivity contribution in [3.8, 4) is 0 Å². The Morgan fingerprint density at radius 3 is 2.67 bits per heavy atom. The normalized spacial score (nSPS) is 10.4. The fraction of sp³-hybridized carbons (Fsp3) is 0.429. The second-order valence-corrected chi connectivity index (χ2v) is 4.40. The van der Waals surface area contributed by atoms with Gasteiger partial charge in [0.2, 0.25) is 0 Å². The number of rotatable bonds is 6. The second-order valence-electron chi connectivity index (χ2n) is 4.40. The zero-order valence-electron chi connectivity index (χ0n) is 11.2. The summed E-state index contributed by atoms with van der Waals surface area (Å²) in [5.74, 6) is -0.225. The summed E-state index contributed by atoms with van der Waals surface area (Å²) < 4.78 is 0. The van der Waals surface area contributed by atoms with Gasteiger partial charge in [-0.3, -0.25) is 0 Å². The minimum absolute atomic E-state index is 0.240. The molecule has 1 heterocycles. The van der Waals surface area contributed by atoms with E-state index in [4.69, 9.17) is 5.11 Å². The van der Waals surface area contributed by atoms with E-state index in [1.807, 2.05) is 25.7 Å². The van der Waals surface area contributed by atoms with Gasteiger partial charge in [-0.2, -0.15) is 0 Å². The number of aryl methyl sites for hydroxylation is 1. The third-order valence-corrected chi connectivity index (χ3v) is 2.72. The van der Waals surface area contributed by atoms with Crippen molar-refractivity contribution in [3.63, 3.8) is 0 Å². The van der Waals surface area contributed by atoms with Crippen molar-refractivity contribution in [2.45, 2.75) is 33.2 Å². The van der Waals surface area contributed by atoms with E-state index in [-0.39, 0.29) is 11.6 Å². The highest BCUT2D eigenvalue weighted by molar-refractivity contribution is 5.88. The van der Waals surface area contributed by atoms with Gasteiger partial charge in [-0.25, -0.2) is 9.78 Å². The lowest BCUT2D eigenvalue weighted by molar-refractivity contribution is 0.0696. The molecule has 1 aromatic heterocycles. The summed E-state index contributed by atoms with van der Waals surface area (Å²) in [6.07, 6.45) is 2.51. The van der Waals surface area contributed by atoms with Gasteiger partial charge in [-0.15, -0.1) is 6.58 Å².